The van der Waals surface area contributed by atoms with Crippen molar-refractivity contribution >= 4 is 39.9 Å². The highest BCUT2D eigenvalue weighted by Gasteiger charge is 2.44. The summed E-state index contributed by atoms with van der Waals surface area (Å²) in [4.78, 5) is 19.5. The molecular weight excluding hydrogens is 609 g/mol. The molecule has 3 N–H and O–H groups in total. The number of aromatic nitrogens is 1. The molecule has 46 heavy (non-hydrogen) atoms. The highest BCUT2D eigenvalue weighted by Crippen LogP contribution is 2.47. The van der Waals surface area contributed by atoms with Crippen molar-refractivity contribution in [2.45, 2.75) is 37.6 Å². The maximum atomic E-state index is 13.8. The number of carbonyl (C=O) groups is 1. The summed E-state index contributed by atoms with van der Waals surface area (Å²) >= 11 is 5.64. The summed E-state index contributed by atoms with van der Waals surface area (Å²) in [5, 5.41) is 3.85. The number of piperidine rings is 1. The molecule has 2 fully saturated rings. The zero-order valence-corrected chi connectivity index (χ0v) is 25.6. The summed E-state index contributed by atoms with van der Waals surface area (Å²) in [5.41, 5.74) is 11.5. The molecule has 0 spiro atoms. The van der Waals surface area contributed by atoms with Crippen molar-refractivity contribution in [1.29, 1.82) is 0 Å². The average Bonchev–Trinajstić information content (AvgIpc) is 3.75. The van der Waals surface area contributed by atoms with Crippen LogP contribution in [0, 0.1) is 11.7 Å². The van der Waals surface area contributed by atoms with Crippen molar-refractivity contribution < 1.29 is 22.4 Å². The molecule has 0 bridgehead atoms. The predicted octanol–water partition coefficient (Wildman–Crippen LogP) is 7.71. The van der Waals surface area contributed by atoms with Crippen LogP contribution in [0.25, 0.3) is 33.2 Å². The fourth-order valence-electron chi connectivity index (χ4n) is 6.12. The lowest BCUT2D eigenvalue weighted by Crippen LogP contribution is -2.42. The van der Waals surface area contributed by atoms with Gasteiger partial charge < -0.3 is 20.4 Å². The molecule has 3 heterocycles. The smallest absolute Gasteiger partial charge is 0.251 e. The zero-order chi connectivity index (χ0) is 32.0. The molecule has 7 rings (SSSR count). The first-order valence-electron chi connectivity index (χ1n) is 15.2. The standard InChI is InChI=1S/C36H31F3N4O2S/c37-27-8-5-22(6-9-27)30-17-25(21-1-3-23(4-2-21)35(46)43-13-11-36(38,39)12-14-43)15-26-16-28(45-33(26)30)20-42-34(44)31-18-29(31)24-7-10-32(40)41-19-24/h1-10,15-17,19,29,31H,11-14,18,20H2,(H2,40,41)(H,42,44)/t29-,31+/m1/s1. The minimum atomic E-state index is -2.63. The van der Waals surface area contributed by atoms with Gasteiger partial charge in [0, 0.05) is 54.6 Å². The SMILES string of the molecule is Nc1ccc([C@H]2C[C@@H]2C(=O)NCc2cc3cc(-c4ccc(C(=S)N5CCC(F)(F)CC5)cc4)cc(-c4ccc(F)cc4)c3o2)cn1. The Labute approximate surface area is 269 Å². The van der Waals surface area contributed by atoms with Crippen molar-refractivity contribution in [3.8, 4) is 22.3 Å². The van der Waals surface area contributed by atoms with Gasteiger partial charge in [-0.2, -0.15) is 0 Å². The summed E-state index contributed by atoms with van der Waals surface area (Å²) in [6.45, 7) is 0.690. The van der Waals surface area contributed by atoms with Crippen LogP contribution in [-0.2, 0) is 11.3 Å². The lowest BCUT2D eigenvalue weighted by Gasteiger charge is -2.33. The number of benzene rings is 3. The van der Waals surface area contributed by atoms with E-state index in [2.05, 4.69) is 10.3 Å². The molecule has 0 radical (unpaired) electrons. The number of nitrogens with one attached hydrogen (secondary N) is 1. The molecule has 1 aliphatic carbocycles. The van der Waals surface area contributed by atoms with Crippen molar-refractivity contribution in [3.63, 3.8) is 0 Å². The average molecular weight is 641 g/mol. The molecule has 1 amide bonds. The van der Waals surface area contributed by atoms with Gasteiger partial charge in [0.05, 0.1) is 6.54 Å². The van der Waals surface area contributed by atoms with Crippen LogP contribution in [0.2, 0.25) is 0 Å². The molecule has 234 valence electrons. The number of likely N-dealkylation sites (tertiary alicyclic amines) is 1. The fourth-order valence-corrected chi connectivity index (χ4v) is 6.44. The molecule has 3 aromatic carbocycles. The second kappa shape index (κ2) is 11.9. The maximum Gasteiger partial charge on any atom is 0.251 e. The minimum Gasteiger partial charge on any atom is -0.459 e. The van der Waals surface area contributed by atoms with E-state index in [4.69, 9.17) is 22.4 Å². The van der Waals surface area contributed by atoms with Gasteiger partial charge in [-0.05, 0) is 71.0 Å². The van der Waals surface area contributed by atoms with Gasteiger partial charge in [-0.3, -0.25) is 4.79 Å². The Balaban J connectivity index is 1.12. The van der Waals surface area contributed by atoms with Gasteiger partial charge in [0.2, 0.25) is 5.91 Å². The third-order valence-corrected chi connectivity index (χ3v) is 9.37. The molecule has 0 unspecified atom stereocenters. The van der Waals surface area contributed by atoms with Crippen molar-refractivity contribution in [2.75, 3.05) is 18.8 Å². The number of nitrogens with zero attached hydrogens (tertiary/aromatic N) is 2. The van der Waals surface area contributed by atoms with Crippen LogP contribution in [0.1, 0.15) is 42.1 Å². The predicted molar refractivity (Wildman–Crippen MR) is 176 cm³/mol. The Kier molecular flexibility index (Phi) is 7.76. The first-order chi connectivity index (χ1) is 22.1. The Morgan fingerprint density at radius 1 is 0.978 bits per heavy atom. The number of hydrogen-bond acceptors (Lipinski definition) is 5. The molecule has 5 aromatic rings. The Morgan fingerprint density at radius 3 is 2.39 bits per heavy atom. The summed E-state index contributed by atoms with van der Waals surface area (Å²) in [6, 6.07) is 23.6. The summed E-state index contributed by atoms with van der Waals surface area (Å²) in [6.07, 6.45) is 2.08. The normalized spacial score (nSPS) is 18.8. The van der Waals surface area contributed by atoms with Gasteiger partial charge in [-0.1, -0.05) is 54.7 Å². The van der Waals surface area contributed by atoms with Crippen molar-refractivity contribution in [1.82, 2.24) is 15.2 Å². The Hall–Kier alpha value is -4.70. The third kappa shape index (κ3) is 6.22. The van der Waals surface area contributed by atoms with E-state index in [9.17, 15) is 18.0 Å². The van der Waals surface area contributed by atoms with Crippen LogP contribution in [0.15, 0.2) is 89.5 Å². The lowest BCUT2D eigenvalue weighted by molar-refractivity contribution is -0.122. The molecule has 2 aromatic heterocycles. The quantitative estimate of drug-likeness (QED) is 0.177. The van der Waals surface area contributed by atoms with E-state index < -0.39 is 5.92 Å². The number of nitrogens with two attached hydrogens (primary N) is 1. The largest absolute Gasteiger partial charge is 0.459 e. The lowest BCUT2D eigenvalue weighted by atomic mass is 9.96. The van der Waals surface area contributed by atoms with Crippen molar-refractivity contribution in [3.05, 3.63) is 108 Å². The van der Waals surface area contributed by atoms with Gasteiger partial charge in [-0.15, -0.1) is 0 Å². The van der Waals surface area contributed by atoms with E-state index in [1.54, 1.807) is 24.4 Å². The van der Waals surface area contributed by atoms with E-state index in [1.165, 1.54) is 12.1 Å². The number of amides is 1. The number of hydrogen-bond donors (Lipinski definition) is 2. The molecule has 1 aliphatic heterocycles. The Morgan fingerprint density at radius 2 is 1.70 bits per heavy atom. The summed E-state index contributed by atoms with van der Waals surface area (Å²) in [7, 11) is 0. The number of alkyl halides is 2. The highest BCUT2D eigenvalue weighted by molar-refractivity contribution is 7.80. The van der Waals surface area contributed by atoms with Crippen LogP contribution in [0.5, 0.6) is 0 Å². The first kappa shape index (κ1) is 30.0. The van der Waals surface area contributed by atoms with Gasteiger partial charge in [-0.25, -0.2) is 18.2 Å². The van der Waals surface area contributed by atoms with E-state index >= 15 is 0 Å². The molecular formula is C36H31F3N4O2S. The molecule has 1 saturated carbocycles. The second-order valence-corrected chi connectivity index (χ2v) is 12.5. The topological polar surface area (TPSA) is 84.4 Å². The Bertz CT molecular complexity index is 1910. The number of pyridine rings is 1. The summed E-state index contributed by atoms with van der Waals surface area (Å²) in [5.74, 6) is -1.96. The number of carbonyl (C=O) groups excluding carboxylic acids is 1. The van der Waals surface area contributed by atoms with Gasteiger partial charge in [0.25, 0.3) is 5.92 Å². The number of halogens is 3. The number of rotatable bonds is 7. The van der Waals surface area contributed by atoms with Crippen molar-refractivity contribution in [2.24, 2.45) is 5.92 Å². The molecule has 1 saturated heterocycles. The van der Waals surface area contributed by atoms with E-state index in [-0.39, 0.29) is 56.0 Å². The minimum absolute atomic E-state index is 0.0435. The molecule has 2 aliphatic rings. The number of fused-ring (bicyclic) bond motifs is 1. The third-order valence-electron chi connectivity index (χ3n) is 8.87. The van der Waals surface area contributed by atoms with Crippen LogP contribution in [0.3, 0.4) is 0 Å². The van der Waals surface area contributed by atoms with E-state index in [1.807, 2.05) is 53.4 Å². The highest BCUT2D eigenvalue weighted by atomic mass is 32.1. The van der Waals surface area contributed by atoms with Gasteiger partial charge in [0.1, 0.15) is 28.0 Å². The fraction of sp³-hybridized carbons (Fsp3) is 0.250. The first-order valence-corrected chi connectivity index (χ1v) is 15.6. The monoisotopic (exact) mass is 640 g/mol. The summed E-state index contributed by atoms with van der Waals surface area (Å²) < 4.78 is 47.4. The number of thiocarbonyl (C=S) groups is 1. The maximum absolute atomic E-state index is 13.8. The van der Waals surface area contributed by atoms with Gasteiger partial charge in [0.15, 0.2) is 0 Å². The van der Waals surface area contributed by atoms with E-state index in [0.29, 0.717) is 22.1 Å². The number of furan rings is 1. The van der Waals surface area contributed by atoms with Gasteiger partial charge >= 0.3 is 0 Å². The van der Waals surface area contributed by atoms with Crippen LogP contribution in [0.4, 0.5) is 19.0 Å². The molecule has 2 atom stereocenters. The molecule has 10 heteroatoms. The second-order valence-electron chi connectivity index (χ2n) is 12.1. The number of anilines is 1. The van der Waals surface area contributed by atoms with E-state index in [0.717, 1.165) is 45.2 Å². The molecule has 6 nitrogen and oxygen atoms in total. The zero-order valence-electron chi connectivity index (χ0n) is 24.8. The van der Waals surface area contributed by atoms with Crippen LogP contribution in [-0.4, -0.2) is 39.8 Å². The van der Waals surface area contributed by atoms with Crippen LogP contribution < -0.4 is 11.1 Å². The number of nitrogen functional groups attached to an aromatic ring is 1. The van der Waals surface area contributed by atoms with Crippen LogP contribution >= 0.6 is 12.2 Å².